The van der Waals surface area contributed by atoms with Gasteiger partial charge in [0.1, 0.15) is 6.54 Å². The first-order valence-electron chi connectivity index (χ1n) is 6.44. The zero-order valence-electron chi connectivity index (χ0n) is 11.2. The number of hydrogen-bond acceptors (Lipinski definition) is 4. The zero-order chi connectivity index (χ0) is 15.7. The Morgan fingerprint density at radius 1 is 1.18 bits per heavy atom. The van der Waals surface area contributed by atoms with Crippen LogP contribution in [-0.4, -0.2) is 23.1 Å². The van der Waals surface area contributed by atoms with Gasteiger partial charge in [0.25, 0.3) is 5.69 Å². The number of nitrogens with one attached hydrogen (secondary N) is 1. The maximum absolute atomic E-state index is 11.7. The van der Waals surface area contributed by atoms with Crippen molar-refractivity contribution in [3.63, 3.8) is 0 Å². The molecule has 2 aromatic rings. The fourth-order valence-corrected chi connectivity index (χ4v) is 2.49. The molecule has 0 saturated heterocycles. The van der Waals surface area contributed by atoms with Gasteiger partial charge in [0.2, 0.25) is 5.91 Å². The summed E-state index contributed by atoms with van der Waals surface area (Å²) in [5.41, 5.74) is 1.97. The number of benzodiazepines with no additional fused rings is 1. The minimum absolute atomic E-state index is 0.0664. The Morgan fingerprint density at radius 2 is 1.95 bits per heavy atom. The molecule has 3 rings (SSSR count). The first kappa shape index (κ1) is 14.2. The highest BCUT2D eigenvalue weighted by Crippen LogP contribution is 2.29. The second-order valence-electron chi connectivity index (χ2n) is 4.68. The summed E-state index contributed by atoms with van der Waals surface area (Å²) in [6, 6.07) is 11.3. The summed E-state index contributed by atoms with van der Waals surface area (Å²) in [5, 5.41) is 14.2. The van der Waals surface area contributed by atoms with Gasteiger partial charge in [0.15, 0.2) is 0 Å². The van der Waals surface area contributed by atoms with Crippen molar-refractivity contribution in [1.82, 2.24) is 0 Å². The lowest BCUT2D eigenvalue weighted by molar-refractivity contribution is -0.384. The first-order chi connectivity index (χ1) is 10.6. The predicted molar refractivity (Wildman–Crippen MR) is 83.7 cm³/mol. The third-order valence-electron chi connectivity index (χ3n) is 3.25. The van der Waals surface area contributed by atoms with Gasteiger partial charge in [-0.3, -0.25) is 19.9 Å². The second kappa shape index (κ2) is 5.57. The van der Waals surface area contributed by atoms with Gasteiger partial charge in [-0.25, -0.2) is 0 Å². The molecule has 7 heteroatoms. The molecule has 6 nitrogen and oxygen atoms in total. The van der Waals surface area contributed by atoms with Gasteiger partial charge in [0, 0.05) is 28.3 Å². The number of rotatable bonds is 2. The highest BCUT2D eigenvalue weighted by Gasteiger charge is 2.22. The van der Waals surface area contributed by atoms with Crippen LogP contribution < -0.4 is 5.32 Å². The Labute approximate surface area is 130 Å². The second-order valence-corrected chi connectivity index (χ2v) is 5.09. The molecule has 0 spiro atoms. The van der Waals surface area contributed by atoms with Crippen molar-refractivity contribution in [3.05, 3.63) is 68.7 Å². The summed E-state index contributed by atoms with van der Waals surface area (Å²) >= 11 is 6.20. The van der Waals surface area contributed by atoms with Crippen LogP contribution in [0.3, 0.4) is 0 Å². The largest absolute Gasteiger partial charge is 0.324 e. The van der Waals surface area contributed by atoms with Gasteiger partial charge in [-0.15, -0.1) is 0 Å². The lowest BCUT2D eigenvalue weighted by Crippen LogP contribution is -2.13. The molecule has 0 bridgehead atoms. The lowest BCUT2D eigenvalue weighted by Gasteiger charge is -2.11. The van der Waals surface area contributed by atoms with Crippen LogP contribution in [0.2, 0.25) is 5.02 Å². The Hall–Kier alpha value is -2.73. The average Bonchev–Trinajstić information content (AvgIpc) is 2.65. The molecule has 1 amide bonds. The molecule has 0 unspecified atom stereocenters. The fourth-order valence-electron chi connectivity index (χ4n) is 2.26. The molecule has 22 heavy (non-hydrogen) atoms. The summed E-state index contributed by atoms with van der Waals surface area (Å²) in [5.74, 6) is -0.280. The van der Waals surface area contributed by atoms with E-state index in [1.165, 1.54) is 18.2 Å². The van der Waals surface area contributed by atoms with Gasteiger partial charge in [-0.05, 0) is 12.1 Å². The SMILES string of the molecule is O=[13C]1[13CH2][15N]=C(c2ccccc2Cl)c2cc([N+](=O)[O-])ccc2N1. The fraction of sp³-hybridized carbons (Fsp3) is 0.0667. The van der Waals surface area contributed by atoms with Crippen molar-refractivity contribution >= 4 is 34.6 Å². The number of non-ortho nitro benzene ring substituents is 1. The smallest absolute Gasteiger partial charge is 0.270 e. The number of benzene rings is 2. The van der Waals surface area contributed by atoms with Crippen LogP contribution >= 0.6 is 11.6 Å². The monoisotopic (exact) mass is 318 g/mol. The summed E-state index contributed by atoms with van der Waals surface area (Å²) in [6.07, 6.45) is 0. The van der Waals surface area contributed by atoms with Crippen LogP contribution in [0.4, 0.5) is 11.4 Å². The van der Waals surface area contributed by atoms with Crippen LogP contribution in [0.15, 0.2) is 47.5 Å². The molecule has 110 valence electrons. The number of nitrogens with zero attached hydrogens (tertiary/aromatic N) is 2. The number of amides is 1. The lowest BCUT2D eigenvalue weighted by atomic mass is 10.0. The average molecular weight is 319 g/mol. The van der Waals surface area contributed by atoms with E-state index in [9.17, 15) is 14.9 Å². The number of fused-ring (bicyclic) bond motifs is 1. The summed E-state index contributed by atoms with van der Waals surface area (Å²) in [7, 11) is 0. The molecule has 0 aliphatic carbocycles. The van der Waals surface area contributed by atoms with Crippen molar-refractivity contribution < 1.29 is 9.72 Å². The maximum Gasteiger partial charge on any atom is 0.270 e. The van der Waals surface area contributed by atoms with Crippen molar-refractivity contribution in [2.75, 3.05) is 11.9 Å². The zero-order valence-corrected chi connectivity index (χ0v) is 12.0. The number of carbonyl (C=O) groups excluding carboxylic acids is 1. The molecule has 1 aliphatic rings. The molecule has 1 heterocycles. The number of carbonyl (C=O) groups is 1. The maximum atomic E-state index is 11.7. The molecule has 1 aliphatic heterocycles. The Kier molecular flexibility index (Phi) is 3.60. The molecule has 0 saturated carbocycles. The van der Waals surface area contributed by atoms with E-state index in [4.69, 9.17) is 11.6 Å². The van der Waals surface area contributed by atoms with Gasteiger partial charge in [-0.2, -0.15) is 0 Å². The molecular formula is C15H10ClN3O3. The Bertz CT molecular complexity index is 817. The van der Waals surface area contributed by atoms with E-state index in [-0.39, 0.29) is 18.1 Å². The van der Waals surface area contributed by atoms with Gasteiger partial charge in [0.05, 0.1) is 16.3 Å². The van der Waals surface area contributed by atoms with Crippen LogP contribution in [0, 0.1) is 10.1 Å². The number of halogens is 1. The van der Waals surface area contributed by atoms with E-state index in [1.807, 2.05) is 0 Å². The van der Waals surface area contributed by atoms with Crippen molar-refractivity contribution in [2.45, 2.75) is 0 Å². The molecule has 1 N–H and O–H groups in total. The van der Waals surface area contributed by atoms with E-state index in [0.717, 1.165) is 0 Å². The van der Waals surface area contributed by atoms with Gasteiger partial charge >= 0.3 is 0 Å². The number of aliphatic imine (C=N–C) groups is 1. The highest BCUT2D eigenvalue weighted by atomic mass is 35.5. The number of hydrogen-bond donors (Lipinski definition) is 1. The topological polar surface area (TPSA) is 84.6 Å². The molecular weight excluding hydrogens is 309 g/mol. The highest BCUT2D eigenvalue weighted by molar-refractivity contribution is 6.36. The summed E-state index contributed by atoms with van der Waals surface area (Å²) < 4.78 is 0. The number of anilines is 1. The Morgan fingerprint density at radius 3 is 2.68 bits per heavy atom. The van der Waals surface area contributed by atoms with Crippen molar-refractivity contribution in [2.24, 2.45) is 4.99 Å². The van der Waals surface area contributed by atoms with E-state index in [1.54, 1.807) is 24.3 Å². The molecule has 0 aromatic heterocycles. The molecule has 0 radical (unpaired) electrons. The third kappa shape index (κ3) is 2.56. The minimum Gasteiger partial charge on any atom is -0.324 e. The van der Waals surface area contributed by atoms with E-state index < -0.39 is 4.92 Å². The third-order valence-corrected chi connectivity index (χ3v) is 3.58. The normalized spacial score (nSPS) is 13.7. The first-order valence-corrected chi connectivity index (χ1v) is 6.82. The van der Waals surface area contributed by atoms with E-state index in [2.05, 4.69) is 10.3 Å². The summed E-state index contributed by atoms with van der Waals surface area (Å²) in [6.45, 7) is -0.0664. The predicted octanol–water partition coefficient (Wildman–Crippen LogP) is 3.04. The van der Waals surface area contributed by atoms with Crippen LogP contribution in [0.25, 0.3) is 0 Å². The molecule has 0 fully saturated rings. The number of nitro benzene ring substituents is 1. The van der Waals surface area contributed by atoms with Crippen LogP contribution in [-0.2, 0) is 4.79 Å². The number of nitro groups is 1. The van der Waals surface area contributed by atoms with Crippen molar-refractivity contribution in [3.8, 4) is 0 Å². The van der Waals surface area contributed by atoms with Crippen LogP contribution in [0.1, 0.15) is 11.1 Å². The Balaban J connectivity index is 2.23. The van der Waals surface area contributed by atoms with E-state index >= 15 is 0 Å². The minimum atomic E-state index is -0.489. The van der Waals surface area contributed by atoms with Crippen molar-refractivity contribution in [1.29, 1.82) is 0 Å². The molecule has 2 aromatic carbocycles. The van der Waals surface area contributed by atoms with Crippen LogP contribution in [0.5, 0.6) is 0 Å². The quantitative estimate of drug-likeness (QED) is 0.400. The molecule has 0 atom stereocenters. The van der Waals surface area contributed by atoms with Gasteiger partial charge in [-0.1, -0.05) is 29.8 Å². The van der Waals surface area contributed by atoms with Gasteiger partial charge < -0.3 is 5.32 Å². The standard InChI is InChI=1S/C15H10ClN3O3/c16-12-4-2-1-3-10(12)15-11-7-9(19(21)22)5-6-13(11)18-14(20)8-17-15/h1-7H,8H2,(H,18,20)/i8+1,14+1,17+1. The van der Waals surface area contributed by atoms with E-state index in [0.29, 0.717) is 27.5 Å². The summed E-state index contributed by atoms with van der Waals surface area (Å²) in [4.78, 5) is 26.5.